The summed E-state index contributed by atoms with van der Waals surface area (Å²) in [6.07, 6.45) is 11.8. The van der Waals surface area contributed by atoms with Crippen LogP contribution in [0.3, 0.4) is 0 Å². The van der Waals surface area contributed by atoms with Crippen molar-refractivity contribution in [3.8, 4) is 11.5 Å². The number of allylic oxidation sites excluding steroid dienone is 4. The van der Waals surface area contributed by atoms with Crippen molar-refractivity contribution in [2.24, 2.45) is 0 Å². The number of nitrogens with zero attached hydrogens (tertiary/aromatic N) is 3. The van der Waals surface area contributed by atoms with Gasteiger partial charge in [0.05, 0.1) is 0 Å². The van der Waals surface area contributed by atoms with Gasteiger partial charge in [0.2, 0.25) is 0 Å². The molecule has 0 bridgehead atoms. The van der Waals surface area contributed by atoms with Gasteiger partial charge in [-0.05, 0) is 97.5 Å². The van der Waals surface area contributed by atoms with Gasteiger partial charge in [0.1, 0.15) is 11.5 Å². The van der Waals surface area contributed by atoms with E-state index in [1.54, 1.807) is 6.20 Å². The molecule has 3 aliphatic rings. The molecule has 0 radical (unpaired) electrons. The number of hydrogen-bond acceptors (Lipinski definition) is 6. The molecule has 1 spiro atoms. The van der Waals surface area contributed by atoms with Gasteiger partial charge in [-0.15, -0.1) is 0 Å². The number of ether oxygens (including phenoxy) is 2. The van der Waals surface area contributed by atoms with E-state index in [-0.39, 0.29) is 0 Å². The highest BCUT2D eigenvalue weighted by Crippen LogP contribution is 2.57. The third-order valence-electron chi connectivity index (χ3n) is 10.6. The van der Waals surface area contributed by atoms with Gasteiger partial charge < -0.3 is 19.3 Å². The summed E-state index contributed by atoms with van der Waals surface area (Å²) in [5, 5.41) is 0. The summed E-state index contributed by atoms with van der Waals surface area (Å²) in [6, 6.07) is 43.8. The predicted octanol–water partition coefficient (Wildman–Crippen LogP) is 11.6. The minimum atomic E-state index is -1.24. The normalized spacial score (nSPS) is 16.6. The van der Waals surface area contributed by atoms with Crippen molar-refractivity contribution in [3.63, 3.8) is 0 Å². The largest absolute Gasteiger partial charge is 0.456 e. The Balaban J connectivity index is 1.26. The fourth-order valence-electron chi connectivity index (χ4n) is 8.10. The Labute approximate surface area is 310 Å². The van der Waals surface area contributed by atoms with E-state index in [1.165, 1.54) is 16.8 Å². The number of para-hydroxylation sites is 3. The molecule has 0 saturated heterocycles. The van der Waals surface area contributed by atoms with Crippen LogP contribution < -0.4 is 14.5 Å². The van der Waals surface area contributed by atoms with Crippen molar-refractivity contribution in [1.29, 1.82) is 0 Å². The number of anilines is 5. The first-order valence-electron chi connectivity index (χ1n) is 18.4. The van der Waals surface area contributed by atoms with Crippen molar-refractivity contribution >= 4 is 34.4 Å². The first-order valence-corrected chi connectivity index (χ1v) is 18.4. The van der Waals surface area contributed by atoms with E-state index in [0.29, 0.717) is 22.8 Å². The van der Waals surface area contributed by atoms with E-state index < -0.39 is 11.6 Å². The van der Waals surface area contributed by atoms with Crippen LogP contribution in [-0.4, -0.2) is 11.0 Å². The van der Waals surface area contributed by atoms with Crippen LogP contribution in [0.25, 0.3) is 0 Å². The third kappa shape index (κ3) is 5.32. The number of fused-ring (bicyclic) bond motifs is 6. The maximum atomic E-state index is 13.7. The van der Waals surface area contributed by atoms with E-state index in [4.69, 9.17) is 9.47 Å². The molecular weight excluding hydrogens is 655 g/mol. The molecule has 1 unspecified atom stereocenters. The summed E-state index contributed by atoms with van der Waals surface area (Å²) in [5.41, 5.74) is 10.2. The molecule has 53 heavy (non-hydrogen) atoms. The lowest BCUT2D eigenvalue weighted by molar-refractivity contribution is 0.0222. The quantitative estimate of drug-likeness (QED) is 0.148. The van der Waals surface area contributed by atoms with Crippen LogP contribution in [0, 0.1) is 0 Å². The van der Waals surface area contributed by atoms with Crippen LogP contribution in [0.2, 0.25) is 0 Å². The molecule has 0 fully saturated rings. The number of carbonyl (C=O) groups excluding carboxylic acids is 1. The zero-order valence-corrected chi connectivity index (χ0v) is 29.8. The van der Waals surface area contributed by atoms with Gasteiger partial charge >= 0.3 is 5.97 Å². The second-order valence-electron chi connectivity index (χ2n) is 13.5. The zero-order chi connectivity index (χ0) is 35.9. The molecule has 5 aromatic carbocycles. The van der Waals surface area contributed by atoms with Crippen molar-refractivity contribution in [2.75, 3.05) is 9.80 Å². The lowest BCUT2D eigenvalue weighted by Crippen LogP contribution is -2.33. The van der Waals surface area contributed by atoms with Gasteiger partial charge in [0.25, 0.3) is 0 Å². The fraction of sp³-hybridized carbons (Fsp3) is 0.149. The van der Waals surface area contributed by atoms with Crippen LogP contribution in [-0.2, 0) is 23.2 Å². The first-order chi connectivity index (χ1) is 26.1. The van der Waals surface area contributed by atoms with Gasteiger partial charge in [0.15, 0.2) is 11.3 Å². The SMILES string of the molecule is CCc1ccccc1N(C1=CC=CCC1)c1ccc2c(c1)Oc1cc(N(c3ccccc3)c3ccccc3CC)ccc1C21OC(=O)c2ncccc21. The minimum Gasteiger partial charge on any atom is -0.456 e. The van der Waals surface area contributed by atoms with E-state index >= 15 is 0 Å². The maximum absolute atomic E-state index is 13.7. The topological polar surface area (TPSA) is 54.9 Å². The molecule has 6 nitrogen and oxygen atoms in total. The van der Waals surface area contributed by atoms with Crippen LogP contribution in [0.15, 0.2) is 158 Å². The molecule has 6 heteroatoms. The summed E-state index contributed by atoms with van der Waals surface area (Å²) in [4.78, 5) is 22.8. The average Bonchev–Trinajstić information content (AvgIpc) is 3.51. The Hall–Kier alpha value is -6.40. The Bertz CT molecular complexity index is 2430. The van der Waals surface area contributed by atoms with E-state index in [1.807, 2.05) is 24.3 Å². The summed E-state index contributed by atoms with van der Waals surface area (Å²) in [6.45, 7) is 4.37. The van der Waals surface area contributed by atoms with E-state index in [0.717, 1.165) is 65.2 Å². The van der Waals surface area contributed by atoms with Crippen LogP contribution >= 0.6 is 0 Å². The number of pyridine rings is 1. The standard InChI is InChI=1S/C47H39N3O3/c1-3-32-16-11-13-23-41(32)49(34-18-7-5-8-19-34)36-25-27-38-43(30-36)52-44-31-37(26-28-39(44)47(38)40-22-15-29-48-45(40)46(51)53-47)50(35-20-9-6-10-21-35)42-24-14-12-17-33(42)4-2/h5-9,11-20,22-31H,3-4,10,21H2,1-2H3. The number of esters is 1. The molecule has 3 heterocycles. The average molecular weight is 694 g/mol. The summed E-state index contributed by atoms with van der Waals surface area (Å²) in [7, 11) is 0. The van der Waals surface area contributed by atoms with E-state index in [2.05, 4.69) is 150 Å². The van der Waals surface area contributed by atoms with Gasteiger partial charge in [-0.3, -0.25) is 0 Å². The molecule has 0 N–H and O–H groups in total. The van der Waals surface area contributed by atoms with Crippen molar-refractivity contribution in [1.82, 2.24) is 4.98 Å². The molecule has 9 rings (SSSR count). The predicted molar refractivity (Wildman–Crippen MR) is 211 cm³/mol. The van der Waals surface area contributed by atoms with Crippen LogP contribution in [0.5, 0.6) is 11.5 Å². The first kappa shape index (κ1) is 32.5. The Morgan fingerprint density at radius 3 is 1.92 bits per heavy atom. The highest BCUT2D eigenvalue weighted by atomic mass is 16.6. The van der Waals surface area contributed by atoms with Gasteiger partial charge in [-0.2, -0.15) is 0 Å². The van der Waals surface area contributed by atoms with Crippen molar-refractivity contribution in [2.45, 2.75) is 45.1 Å². The van der Waals surface area contributed by atoms with Gasteiger partial charge in [-0.25, -0.2) is 9.78 Å². The maximum Gasteiger partial charge on any atom is 0.358 e. The molecule has 0 amide bonds. The summed E-state index contributed by atoms with van der Waals surface area (Å²) in [5.74, 6) is 0.794. The second-order valence-corrected chi connectivity index (χ2v) is 13.5. The van der Waals surface area contributed by atoms with Crippen LogP contribution in [0.1, 0.15) is 65.0 Å². The van der Waals surface area contributed by atoms with Gasteiger partial charge in [0, 0.05) is 69.2 Å². The highest BCUT2D eigenvalue weighted by molar-refractivity contribution is 5.95. The zero-order valence-electron chi connectivity index (χ0n) is 29.8. The fourth-order valence-corrected chi connectivity index (χ4v) is 8.10. The minimum absolute atomic E-state index is 0.319. The molecular formula is C47H39N3O3. The number of aromatic nitrogens is 1. The van der Waals surface area contributed by atoms with Crippen LogP contribution in [0.4, 0.5) is 28.4 Å². The molecule has 2 aliphatic heterocycles. The molecule has 1 atom stereocenters. The van der Waals surface area contributed by atoms with E-state index in [9.17, 15) is 4.79 Å². The molecule has 6 aromatic rings. The Morgan fingerprint density at radius 2 is 1.28 bits per heavy atom. The third-order valence-corrected chi connectivity index (χ3v) is 10.6. The highest BCUT2D eigenvalue weighted by Gasteiger charge is 2.54. The smallest absolute Gasteiger partial charge is 0.358 e. The number of benzene rings is 5. The van der Waals surface area contributed by atoms with Crippen molar-refractivity contribution < 1.29 is 14.3 Å². The lowest BCUT2D eigenvalue weighted by Gasteiger charge is -2.38. The number of carbonyl (C=O) groups is 1. The Morgan fingerprint density at radius 1 is 0.660 bits per heavy atom. The Kier molecular flexibility index (Phi) is 8.15. The second kappa shape index (κ2) is 13.3. The molecule has 260 valence electrons. The number of rotatable bonds is 8. The van der Waals surface area contributed by atoms with Gasteiger partial charge in [-0.1, -0.05) is 86.7 Å². The number of aryl methyl sites for hydroxylation is 2. The number of hydrogen-bond donors (Lipinski definition) is 0. The molecule has 0 saturated carbocycles. The van der Waals surface area contributed by atoms with Crippen molar-refractivity contribution in [3.05, 3.63) is 191 Å². The molecule has 1 aliphatic carbocycles. The lowest BCUT2D eigenvalue weighted by atomic mass is 9.78. The summed E-state index contributed by atoms with van der Waals surface area (Å²) >= 11 is 0. The monoisotopic (exact) mass is 693 g/mol. The molecule has 1 aromatic heterocycles. The summed E-state index contributed by atoms with van der Waals surface area (Å²) < 4.78 is 13.5.